The van der Waals surface area contributed by atoms with Gasteiger partial charge in [0.1, 0.15) is 5.75 Å². The Morgan fingerprint density at radius 3 is 2.45 bits per heavy atom. The molecule has 2 aliphatic rings. The lowest BCUT2D eigenvalue weighted by Gasteiger charge is -2.23. The maximum Gasteiger partial charge on any atom is 0.240 e. The Bertz CT molecular complexity index is 594. The van der Waals surface area contributed by atoms with Gasteiger partial charge in [0.2, 0.25) is 10.0 Å². The summed E-state index contributed by atoms with van der Waals surface area (Å²) in [6.45, 7) is 1.83. The van der Waals surface area contributed by atoms with Crippen molar-refractivity contribution in [3.63, 3.8) is 0 Å². The Morgan fingerprint density at radius 2 is 1.82 bits per heavy atom. The Morgan fingerprint density at radius 1 is 1.14 bits per heavy atom. The zero-order valence-electron chi connectivity index (χ0n) is 13.0. The molecule has 2 fully saturated rings. The molecule has 6 heteroatoms. The maximum atomic E-state index is 12.4. The smallest absolute Gasteiger partial charge is 0.240 e. The Balaban J connectivity index is 1.61. The molecule has 0 radical (unpaired) electrons. The lowest BCUT2D eigenvalue weighted by atomic mass is 10.2. The van der Waals surface area contributed by atoms with Crippen LogP contribution in [0.15, 0.2) is 29.2 Å². The highest BCUT2D eigenvalue weighted by atomic mass is 32.2. The predicted octanol–water partition coefficient (Wildman–Crippen LogP) is 1.99. The van der Waals surface area contributed by atoms with Gasteiger partial charge in [0, 0.05) is 25.2 Å². The number of rotatable bonds is 5. The van der Waals surface area contributed by atoms with Gasteiger partial charge in [0.15, 0.2) is 0 Å². The second kappa shape index (κ2) is 6.56. The first-order chi connectivity index (χ1) is 10.6. The van der Waals surface area contributed by atoms with Crippen molar-refractivity contribution >= 4 is 10.0 Å². The van der Waals surface area contributed by atoms with Crippen LogP contribution in [-0.2, 0) is 10.0 Å². The molecule has 1 aliphatic carbocycles. The highest BCUT2D eigenvalue weighted by Crippen LogP contribution is 2.27. The van der Waals surface area contributed by atoms with Crippen LogP contribution < -0.4 is 9.46 Å². The van der Waals surface area contributed by atoms with Crippen LogP contribution in [0.2, 0.25) is 0 Å². The normalized spacial score (nSPS) is 24.0. The Kier molecular flexibility index (Phi) is 4.70. The number of hydrogen-bond donors (Lipinski definition) is 1. The summed E-state index contributed by atoms with van der Waals surface area (Å²) in [6, 6.07) is 7.21. The fraction of sp³-hybridized carbons (Fsp3) is 0.625. The zero-order chi connectivity index (χ0) is 15.6. The van der Waals surface area contributed by atoms with Gasteiger partial charge in [0.25, 0.3) is 0 Å². The zero-order valence-corrected chi connectivity index (χ0v) is 13.8. The molecule has 1 aromatic carbocycles. The number of ether oxygens (including phenoxy) is 1. The third-order valence-electron chi connectivity index (χ3n) is 4.75. The first-order valence-corrected chi connectivity index (χ1v) is 9.47. The summed E-state index contributed by atoms with van der Waals surface area (Å²) in [7, 11) is -1.88. The molecule has 1 unspecified atom stereocenters. The van der Waals surface area contributed by atoms with E-state index in [0.29, 0.717) is 16.7 Å². The van der Waals surface area contributed by atoms with Crippen molar-refractivity contribution in [1.82, 2.24) is 9.62 Å². The summed E-state index contributed by atoms with van der Waals surface area (Å²) in [5.74, 6) is 0.659. The summed E-state index contributed by atoms with van der Waals surface area (Å²) in [5.41, 5.74) is 0. The number of likely N-dealkylation sites (tertiary alicyclic amines) is 1. The quantitative estimate of drug-likeness (QED) is 0.900. The van der Waals surface area contributed by atoms with Crippen LogP contribution in [0.3, 0.4) is 0 Å². The average molecular weight is 324 g/mol. The van der Waals surface area contributed by atoms with E-state index in [0.717, 1.165) is 19.5 Å². The molecule has 5 nitrogen and oxygen atoms in total. The van der Waals surface area contributed by atoms with Gasteiger partial charge in [-0.25, -0.2) is 13.1 Å². The van der Waals surface area contributed by atoms with E-state index in [4.69, 9.17) is 4.74 Å². The second-order valence-corrected chi connectivity index (χ2v) is 7.93. The fourth-order valence-corrected chi connectivity index (χ4v) is 4.79. The molecule has 1 aromatic rings. The molecule has 1 aliphatic heterocycles. The van der Waals surface area contributed by atoms with E-state index in [1.165, 1.54) is 25.7 Å². The molecule has 0 aromatic heterocycles. The molecule has 22 heavy (non-hydrogen) atoms. The highest BCUT2D eigenvalue weighted by molar-refractivity contribution is 7.89. The number of sulfonamides is 1. The molecule has 0 bridgehead atoms. The third kappa shape index (κ3) is 3.45. The minimum atomic E-state index is -3.45. The molecule has 1 heterocycles. The molecule has 1 N–H and O–H groups in total. The molecule has 1 saturated carbocycles. The van der Waals surface area contributed by atoms with E-state index in [1.54, 1.807) is 31.4 Å². The van der Waals surface area contributed by atoms with Crippen molar-refractivity contribution in [2.24, 2.45) is 0 Å². The van der Waals surface area contributed by atoms with E-state index < -0.39 is 10.0 Å². The number of nitrogens with one attached hydrogen (secondary N) is 1. The number of benzene rings is 1. The standard InChI is InChI=1S/C16H24N2O3S/c1-21-15-6-8-16(9-7-15)22(19,20)17-13-10-11-18(12-13)14-4-2-3-5-14/h6-9,13-14,17H,2-5,10-12H2,1H3. The van der Waals surface area contributed by atoms with Crippen molar-refractivity contribution < 1.29 is 13.2 Å². The minimum absolute atomic E-state index is 0.0210. The third-order valence-corrected chi connectivity index (χ3v) is 6.29. The van der Waals surface area contributed by atoms with E-state index in [9.17, 15) is 8.42 Å². The average Bonchev–Trinajstić information content (AvgIpc) is 3.18. The summed E-state index contributed by atoms with van der Waals surface area (Å²) >= 11 is 0. The molecule has 3 rings (SSSR count). The molecule has 0 amide bonds. The lowest BCUT2D eigenvalue weighted by molar-refractivity contribution is 0.242. The first-order valence-electron chi connectivity index (χ1n) is 7.99. The SMILES string of the molecule is COc1ccc(S(=O)(=O)NC2CCN(C3CCCC3)C2)cc1. The van der Waals surface area contributed by atoms with E-state index >= 15 is 0 Å². The van der Waals surface area contributed by atoms with Gasteiger partial charge in [-0.2, -0.15) is 0 Å². The molecule has 0 spiro atoms. The number of hydrogen-bond acceptors (Lipinski definition) is 4. The van der Waals surface area contributed by atoms with Crippen molar-refractivity contribution in [1.29, 1.82) is 0 Å². The van der Waals surface area contributed by atoms with E-state index in [1.807, 2.05) is 0 Å². The Hall–Kier alpha value is -1.11. The van der Waals surface area contributed by atoms with Gasteiger partial charge in [-0.1, -0.05) is 12.8 Å². The van der Waals surface area contributed by atoms with Crippen LogP contribution in [0.5, 0.6) is 5.75 Å². The number of methoxy groups -OCH3 is 1. The van der Waals surface area contributed by atoms with Crippen LogP contribution in [0, 0.1) is 0 Å². The summed E-state index contributed by atoms with van der Waals surface area (Å²) in [5, 5.41) is 0. The van der Waals surface area contributed by atoms with E-state index in [2.05, 4.69) is 9.62 Å². The monoisotopic (exact) mass is 324 g/mol. The van der Waals surface area contributed by atoms with Crippen LogP contribution in [-0.4, -0.2) is 45.6 Å². The van der Waals surface area contributed by atoms with Crippen LogP contribution in [0.25, 0.3) is 0 Å². The van der Waals surface area contributed by atoms with Gasteiger partial charge in [0.05, 0.1) is 12.0 Å². The van der Waals surface area contributed by atoms with Crippen LogP contribution >= 0.6 is 0 Å². The highest BCUT2D eigenvalue weighted by Gasteiger charge is 2.32. The summed E-state index contributed by atoms with van der Waals surface area (Å²) < 4.78 is 32.8. The van der Waals surface area contributed by atoms with Gasteiger partial charge >= 0.3 is 0 Å². The molecular weight excluding hydrogens is 300 g/mol. The molecule has 1 saturated heterocycles. The summed E-state index contributed by atoms with van der Waals surface area (Å²) in [4.78, 5) is 2.75. The predicted molar refractivity (Wildman–Crippen MR) is 85.5 cm³/mol. The van der Waals surface area contributed by atoms with E-state index in [-0.39, 0.29) is 6.04 Å². The van der Waals surface area contributed by atoms with Gasteiger partial charge in [-0.05, 0) is 43.5 Å². The van der Waals surface area contributed by atoms with Crippen LogP contribution in [0.4, 0.5) is 0 Å². The van der Waals surface area contributed by atoms with Crippen LogP contribution in [0.1, 0.15) is 32.1 Å². The number of nitrogens with zero attached hydrogens (tertiary/aromatic N) is 1. The van der Waals surface area contributed by atoms with Crippen molar-refractivity contribution in [3.05, 3.63) is 24.3 Å². The van der Waals surface area contributed by atoms with Crippen molar-refractivity contribution in [2.75, 3.05) is 20.2 Å². The topological polar surface area (TPSA) is 58.6 Å². The largest absolute Gasteiger partial charge is 0.497 e. The van der Waals surface area contributed by atoms with Gasteiger partial charge in [-0.15, -0.1) is 0 Å². The summed E-state index contributed by atoms with van der Waals surface area (Å²) in [6.07, 6.45) is 6.04. The van der Waals surface area contributed by atoms with Crippen molar-refractivity contribution in [2.45, 2.75) is 49.1 Å². The minimum Gasteiger partial charge on any atom is -0.497 e. The first kappa shape index (κ1) is 15.8. The second-order valence-electron chi connectivity index (χ2n) is 6.22. The van der Waals surface area contributed by atoms with Gasteiger partial charge in [-0.3, -0.25) is 4.90 Å². The van der Waals surface area contributed by atoms with Gasteiger partial charge < -0.3 is 4.74 Å². The molecule has 122 valence electrons. The lowest BCUT2D eigenvalue weighted by Crippen LogP contribution is -2.39. The fourth-order valence-electron chi connectivity index (χ4n) is 3.53. The maximum absolute atomic E-state index is 12.4. The molecule has 1 atom stereocenters. The Labute approximate surface area is 132 Å². The molecular formula is C16H24N2O3S. The van der Waals surface area contributed by atoms with Crippen molar-refractivity contribution in [3.8, 4) is 5.75 Å².